The van der Waals surface area contributed by atoms with Crippen molar-refractivity contribution in [2.75, 3.05) is 6.54 Å². The summed E-state index contributed by atoms with van der Waals surface area (Å²) in [5.41, 5.74) is 0. The molecule has 0 saturated carbocycles. The molecule has 0 aliphatic rings. The molecule has 0 amide bonds. The number of nitrogens with one attached hydrogen (secondary N) is 1. The highest BCUT2D eigenvalue weighted by atomic mass is 79.9. The summed E-state index contributed by atoms with van der Waals surface area (Å²) in [5, 5.41) is 4.50. The first-order valence-corrected chi connectivity index (χ1v) is 8.40. The average molecular weight is 343 g/mol. The van der Waals surface area contributed by atoms with Crippen LogP contribution in [-0.2, 0) is 12.3 Å². The zero-order valence-electron chi connectivity index (χ0n) is 10.1. The quantitative estimate of drug-likeness (QED) is 0.792. The molecule has 0 spiro atoms. The molecular weight excluding hydrogens is 328 g/mol. The van der Waals surface area contributed by atoms with E-state index in [1.807, 2.05) is 24.0 Å². The van der Waals surface area contributed by atoms with Gasteiger partial charge in [0.05, 0.1) is 5.75 Å². The van der Waals surface area contributed by atoms with Crippen molar-refractivity contribution in [2.24, 2.45) is 0 Å². The predicted octanol–water partition coefficient (Wildman–Crippen LogP) is 4.31. The molecule has 96 valence electrons. The maximum absolute atomic E-state index is 4.45. The second-order valence-corrected chi connectivity index (χ2v) is 6.91. The maximum atomic E-state index is 4.45. The Morgan fingerprint density at radius 2 is 2.33 bits per heavy atom. The normalized spacial score (nSPS) is 10.8. The molecule has 0 unspecified atom stereocenters. The van der Waals surface area contributed by atoms with Crippen molar-refractivity contribution >= 4 is 39.0 Å². The van der Waals surface area contributed by atoms with Gasteiger partial charge in [0, 0.05) is 27.0 Å². The van der Waals surface area contributed by atoms with Crippen LogP contribution < -0.4 is 5.32 Å². The molecule has 0 saturated heterocycles. The monoisotopic (exact) mass is 342 g/mol. The molecule has 1 aromatic heterocycles. The van der Waals surface area contributed by atoms with Gasteiger partial charge in [-0.1, -0.05) is 28.9 Å². The van der Waals surface area contributed by atoms with E-state index in [9.17, 15) is 0 Å². The van der Waals surface area contributed by atoms with Crippen molar-refractivity contribution in [3.05, 3.63) is 44.8 Å². The lowest BCUT2D eigenvalue weighted by molar-refractivity contribution is 0.734. The van der Waals surface area contributed by atoms with Crippen LogP contribution in [0.4, 0.5) is 0 Å². The number of aromatic nitrogens is 1. The van der Waals surface area contributed by atoms with Crippen LogP contribution in [0, 0.1) is 0 Å². The van der Waals surface area contributed by atoms with E-state index in [1.54, 1.807) is 11.3 Å². The zero-order chi connectivity index (χ0) is 12.8. The highest BCUT2D eigenvalue weighted by molar-refractivity contribution is 9.10. The first-order valence-electron chi connectivity index (χ1n) is 5.80. The van der Waals surface area contributed by atoms with Gasteiger partial charge in [-0.25, -0.2) is 4.98 Å². The lowest BCUT2D eigenvalue weighted by Crippen LogP contribution is -2.10. The van der Waals surface area contributed by atoms with Crippen molar-refractivity contribution in [3.8, 4) is 0 Å². The van der Waals surface area contributed by atoms with Crippen LogP contribution in [0.25, 0.3) is 0 Å². The molecule has 5 heteroatoms. The Kier molecular flexibility index (Phi) is 5.69. The smallest absolute Gasteiger partial charge is 0.103 e. The van der Waals surface area contributed by atoms with Crippen LogP contribution in [-0.4, -0.2) is 11.5 Å². The van der Waals surface area contributed by atoms with Crippen LogP contribution in [0.3, 0.4) is 0 Å². The van der Waals surface area contributed by atoms with E-state index in [-0.39, 0.29) is 0 Å². The molecule has 0 aliphatic heterocycles. The van der Waals surface area contributed by atoms with Gasteiger partial charge in [-0.15, -0.1) is 23.1 Å². The molecule has 0 aliphatic carbocycles. The molecule has 0 bridgehead atoms. The van der Waals surface area contributed by atoms with Gasteiger partial charge in [0.2, 0.25) is 0 Å². The number of halogens is 1. The summed E-state index contributed by atoms with van der Waals surface area (Å²) in [7, 11) is 0. The van der Waals surface area contributed by atoms with Gasteiger partial charge in [-0.3, -0.25) is 0 Å². The SMILES string of the molecule is CCNCc1cnc(CSc2cccc(Br)c2)s1. The highest BCUT2D eigenvalue weighted by Gasteiger charge is 2.03. The van der Waals surface area contributed by atoms with Crippen molar-refractivity contribution in [1.82, 2.24) is 10.3 Å². The van der Waals surface area contributed by atoms with E-state index >= 15 is 0 Å². The molecule has 0 fully saturated rings. The molecular formula is C13H15BrN2S2. The Morgan fingerprint density at radius 1 is 1.44 bits per heavy atom. The summed E-state index contributed by atoms with van der Waals surface area (Å²) in [6.07, 6.45) is 1.98. The third-order valence-electron chi connectivity index (χ3n) is 2.31. The molecule has 1 heterocycles. The number of thiazole rings is 1. The number of rotatable bonds is 6. The Morgan fingerprint density at radius 3 is 3.11 bits per heavy atom. The standard InChI is InChI=1S/C13H15BrN2S2/c1-2-15-7-12-8-16-13(18-12)9-17-11-5-3-4-10(14)6-11/h3-6,8,15H,2,7,9H2,1H3. The summed E-state index contributed by atoms with van der Waals surface area (Å²) in [5.74, 6) is 0.938. The van der Waals surface area contributed by atoms with Crippen molar-refractivity contribution in [1.29, 1.82) is 0 Å². The fourth-order valence-corrected chi connectivity index (χ4v) is 3.85. The van der Waals surface area contributed by atoms with Gasteiger partial charge in [-0.05, 0) is 24.7 Å². The van der Waals surface area contributed by atoms with E-state index in [0.29, 0.717) is 0 Å². The molecule has 0 atom stereocenters. The average Bonchev–Trinajstić information content (AvgIpc) is 2.82. The van der Waals surface area contributed by atoms with Gasteiger partial charge in [-0.2, -0.15) is 0 Å². The molecule has 18 heavy (non-hydrogen) atoms. The summed E-state index contributed by atoms with van der Waals surface area (Å²) in [6.45, 7) is 4.04. The minimum atomic E-state index is 0.926. The van der Waals surface area contributed by atoms with Crippen LogP contribution >= 0.6 is 39.0 Å². The van der Waals surface area contributed by atoms with E-state index in [1.165, 1.54) is 14.8 Å². The highest BCUT2D eigenvalue weighted by Crippen LogP contribution is 2.27. The van der Waals surface area contributed by atoms with E-state index in [4.69, 9.17) is 0 Å². The van der Waals surface area contributed by atoms with Gasteiger partial charge >= 0.3 is 0 Å². The fraction of sp³-hybridized carbons (Fsp3) is 0.308. The number of nitrogens with zero attached hydrogens (tertiary/aromatic N) is 1. The second-order valence-electron chi connectivity index (χ2n) is 3.75. The van der Waals surface area contributed by atoms with Gasteiger partial charge < -0.3 is 5.32 Å². The van der Waals surface area contributed by atoms with Gasteiger partial charge in [0.15, 0.2) is 0 Å². The van der Waals surface area contributed by atoms with E-state index < -0.39 is 0 Å². The van der Waals surface area contributed by atoms with Gasteiger partial charge in [0.25, 0.3) is 0 Å². The molecule has 2 aromatic rings. The second kappa shape index (κ2) is 7.28. The minimum absolute atomic E-state index is 0.926. The lowest BCUT2D eigenvalue weighted by atomic mass is 10.4. The van der Waals surface area contributed by atoms with Crippen molar-refractivity contribution < 1.29 is 0 Å². The van der Waals surface area contributed by atoms with E-state index in [0.717, 1.165) is 23.3 Å². The van der Waals surface area contributed by atoms with Crippen molar-refractivity contribution in [3.63, 3.8) is 0 Å². The largest absolute Gasteiger partial charge is 0.312 e. The Hall–Kier alpha value is -0.360. The number of hydrogen-bond donors (Lipinski definition) is 1. The van der Waals surface area contributed by atoms with Crippen LogP contribution in [0.5, 0.6) is 0 Å². The summed E-state index contributed by atoms with van der Waals surface area (Å²) < 4.78 is 1.12. The third kappa shape index (κ3) is 4.39. The number of hydrogen-bond acceptors (Lipinski definition) is 4. The predicted molar refractivity (Wildman–Crippen MR) is 83.2 cm³/mol. The van der Waals surface area contributed by atoms with Crippen LogP contribution in [0.15, 0.2) is 39.8 Å². The number of benzene rings is 1. The number of thioether (sulfide) groups is 1. The summed E-state index contributed by atoms with van der Waals surface area (Å²) in [4.78, 5) is 7.03. The fourth-order valence-electron chi connectivity index (χ4n) is 1.45. The zero-order valence-corrected chi connectivity index (χ0v) is 13.4. The minimum Gasteiger partial charge on any atom is -0.312 e. The summed E-state index contributed by atoms with van der Waals surface area (Å²) >= 11 is 7.10. The Bertz CT molecular complexity index is 499. The summed E-state index contributed by atoms with van der Waals surface area (Å²) in [6, 6.07) is 8.37. The molecule has 0 radical (unpaired) electrons. The van der Waals surface area contributed by atoms with Crippen LogP contribution in [0.1, 0.15) is 16.8 Å². The van der Waals surface area contributed by atoms with Gasteiger partial charge in [0.1, 0.15) is 5.01 Å². The van der Waals surface area contributed by atoms with Crippen LogP contribution in [0.2, 0.25) is 0 Å². The third-order valence-corrected chi connectivity index (χ3v) is 4.99. The molecule has 1 N–H and O–H groups in total. The molecule has 2 nitrogen and oxygen atoms in total. The Labute approximate surface area is 124 Å². The van der Waals surface area contributed by atoms with Crippen molar-refractivity contribution in [2.45, 2.75) is 24.1 Å². The molecule has 2 rings (SSSR count). The molecule has 1 aromatic carbocycles. The Balaban J connectivity index is 1.88. The van der Waals surface area contributed by atoms with E-state index in [2.05, 4.69) is 51.4 Å². The first-order chi connectivity index (χ1) is 8.78. The lowest BCUT2D eigenvalue weighted by Gasteiger charge is -1.99. The first kappa shape index (κ1) is 14.1. The maximum Gasteiger partial charge on any atom is 0.103 e. The topological polar surface area (TPSA) is 24.9 Å².